The van der Waals surface area contributed by atoms with Crippen molar-refractivity contribution in [3.8, 4) is 0 Å². The maximum Gasteiger partial charge on any atom is 0.226 e. The molecule has 4 nitrogen and oxygen atoms in total. The summed E-state index contributed by atoms with van der Waals surface area (Å²) in [6, 6.07) is 2.22. The molecule has 3 heterocycles. The highest BCUT2D eigenvalue weighted by Crippen LogP contribution is 2.33. The van der Waals surface area contributed by atoms with Gasteiger partial charge in [-0.05, 0) is 19.9 Å². The summed E-state index contributed by atoms with van der Waals surface area (Å²) < 4.78 is 0. The number of anilines is 2. The molecular weight excluding hydrogens is 288 g/mol. The van der Waals surface area contributed by atoms with Crippen LogP contribution in [-0.4, -0.2) is 40.6 Å². The smallest absolute Gasteiger partial charge is 0.226 e. The lowest BCUT2D eigenvalue weighted by molar-refractivity contribution is 0.773. The van der Waals surface area contributed by atoms with Gasteiger partial charge in [0.05, 0.1) is 5.39 Å². The van der Waals surface area contributed by atoms with E-state index in [2.05, 4.69) is 42.0 Å². The zero-order valence-electron chi connectivity index (χ0n) is 12.1. The number of aryl methyl sites for hydroxylation is 1. The van der Waals surface area contributed by atoms with Crippen LogP contribution in [0.15, 0.2) is 6.07 Å². The number of nitrogens with one attached hydrogen (secondary N) is 1. The molecule has 1 atom stereocenters. The molecule has 1 aliphatic rings. The van der Waals surface area contributed by atoms with Gasteiger partial charge in [0, 0.05) is 35.5 Å². The van der Waals surface area contributed by atoms with Gasteiger partial charge in [0.15, 0.2) is 0 Å². The Bertz CT molecular complexity index is 610. The molecule has 0 amide bonds. The molecule has 0 aromatic carbocycles. The number of hydrogen-bond acceptors (Lipinski definition) is 6. The molecule has 20 heavy (non-hydrogen) atoms. The Morgan fingerprint density at radius 3 is 3.05 bits per heavy atom. The second-order valence-corrected chi connectivity index (χ2v) is 7.89. The van der Waals surface area contributed by atoms with E-state index in [9.17, 15) is 0 Å². The standard InChI is InChI=1S/C14H20N4S2/c1-4-15-14-16-12(18-5-6-19-10(3)8-18)11-7-9(2)20-13(11)17-14/h7,10H,4-6,8H2,1-3H3,(H,15,16,17). The summed E-state index contributed by atoms with van der Waals surface area (Å²) in [6.07, 6.45) is 0. The van der Waals surface area contributed by atoms with E-state index >= 15 is 0 Å². The highest BCUT2D eigenvalue weighted by Gasteiger charge is 2.21. The lowest BCUT2D eigenvalue weighted by atomic mass is 10.3. The van der Waals surface area contributed by atoms with Gasteiger partial charge < -0.3 is 10.2 Å². The number of hydrogen-bond donors (Lipinski definition) is 1. The van der Waals surface area contributed by atoms with Crippen molar-refractivity contribution in [2.24, 2.45) is 0 Å². The molecule has 2 aromatic rings. The lowest BCUT2D eigenvalue weighted by Gasteiger charge is -2.32. The second-order valence-electron chi connectivity index (χ2n) is 5.10. The molecule has 0 radical (unpaired) electrons. The molecule has 2 aromatic heterocycles. The third-order valence-electron chi connectivity index (χ3n) is 3.37. The van der Waals surface area contributed by atoms with E-state index in [1.807, 2.05) is 11.8 Å². The van der Waals surface area contributed by atoms with Crippen LogP contribution in [-0.2, 0) is 0 Å². The minimum atomic E-state index is 0.663. The molecule has 0 saturated carbocycles. The Labute approximate surface area is 128 Å². The predicted molar refractivity (Wildman–Crippen MR) is 90.4 cm³/mol. The summed E-state index contributed by atoms with van der Waals surface area (Å²) in [5, 5.41) is 5.12. The number of aromatic nitrogens is 2. The summed E-state index contributed by atoms with van der Waals surface area (Å²) in [5.74, 6) is 3.02. The lowest BCUT2D eigenvalue weighted by Crippen LogP contribution is -2.37. The summed E-state index contributed by atoms with van der Waals surface area (Å²) in [4.78, 5) is 14.2. The largest absolute Gasteiger partial charge is 0.354 e. The van der Waals surface area contributed by atoms with Gasteiger partial charge in [-0.2, -0.15) is 16.7 Å². The van der Waals surface area contributed by atoms with Crippen LogP contribution in [0, 0.1) is 6.92 Å². The normalized spacial score (nSPS) is 19.6. The highest BCUT2D eigenvalue weighted by atomic mass is 32.2. The molecule has 1 unspecified atom stereocenters. The number of thiophene rings is 1. The van der Waals surface area contributed by atoms with Crippen molar-refractivity contribution in [3.63, 3.8) is 0 Å². The van der Waals surface area contributed by atoms with Crippen LogP contribution < -0.4 is 10.2 Å². The Morgan fingerprint density at radius 2 is 2.30 bits per heavy atom. The summed E-state index contributed by atoms with van der Waals surface area (Å²) >= 11 is 3.79. The fraction of sp³-hybridized carbons (Fsp3) is 0.571. The van der Waals surface area contributed by atoms with Gasteiger partial charge in [-0.15, -0.1) is 11.3 Å². The first kappa shape index (κ1) is 13.9. The van der Waals surface area contributed by atoms with E-state index in [1.54, 1.807) is 11.3 Å². The van der Waals surface area contributed by atoms with Crippen LogP contribution in [0.4, 0.5) is 11.8 Å². The molecular formula is C14H20N4S2. The van der Waals surface area contributed by atoms with Gasteiger partial charge in [0.1, 0.15) is 10.6 Å². The number of rotatable bonds is 3. The van der Waals surface area contributed by atoms with E-state index < -0.39 is 0 Å². The van der Waals surface area contributed by atoms with Crippen LogP contribution in [0.5, 0.6) is 0 Å². The van der Waals surface area contributed by atoms with Gasteiger partial charge in [0.2, 0.25) is 5.95 Å². The Morgan fingerprint density at radius 1 is 1.45 bits per heavy atom. The van der Waals surface area contributed by atoms with E-state index in [-0.39, 0.29) is 0 Å². The fourth-order valence-electron chi connectivity index (χ4n) is 2.52. The monoisotopic (exact) mass is 308 g/mol. The molecule has 6 heteroatoms. The Hall–Kier alpha value is -1.01. The SMILES string of the molecule is CCNc1nc(N2CCSC(C)C2)c2cc(C)sc2n1. The van der Waals surface area contributed by atoms with E-state index in [1.165, 1.54) is 16.0 Å². The maximum atomic E-state index is 4.76. The van der Waals surface area contributed by atoms with Gasteiger partial charge in [-0.3, -0.25) is 0 Å². The van der Waals surface area contributed by atoms with Crippen LogP contribution in [0.2, 0.25) is 0 Å². The molecule has 1 aliphatic heterocycles. The third kappa shape index (κ3) is 2.72. The van der Waals surface area contributed by atoms with Gasteiger partial charge >= 0.3 is 0 Å². The van der Waals surface area contributed by atoms with Gasteiger partial charge in [-0.1, -0.05) is 6.92 Å². The first-order chi connectivity index (χ1) is 9.67. The molecule has 0 spiro atoms. The van der Waals surface area contributed by atoms with Crippen molar-refractivity contribution in [1.82, 2.24) is 9.97 Å². The number of fused-ring (bicyclic) bond motifs is 1. The maximum absolute atomic E-state index is 4.76. The van der Waals surface area contributed by atoms with Crippen molar-refractivity contribution in [1.29, 1.82) is 0 Å². The van der Waals surface area contributed by atoms with Crippen LogP contribution in [0.1, 0.15) is 18.7 Å². The molecule has 0 bridgehead atoms. The summed E-state index contributed by atoms with van der Waals surface area (Å²) in [5.41, 5.74) is 0. The topological polar surface area (TPSA) is 41.1 Å². The minimum absolute atomic E-state index is 0.663. The average Bonchev–Trinajstić information content (AvgIpc) is 2.78. The zero-order valence-corrected chi connectivity index (χ0v) is 13.8. The zero-order chi connectivity index (χ0) is 14.1. The summed E-state index contributed by atoms with van der Waals surface area (Å²) in [6.45, 7) is 9.49. The van der Waals surface area contributed by atoms with E-state index in [4.69, 9.17) is 4.98 Å². The van der Waals surface area contributed by atoms with Crippen LogP contribution in [0.3, 0.4) is 0 Å². The van der Waals surface area contributed by atoms with E-state index in [0.29, 0.717) is 5.25 Å². The molecule has 1 saturated heterocycles. The third-order valence-corrected chi connectivity index (χ3v) is 5.45. The average molecular weight is 308 g/mol. The van der Waals surface area contributed by atoms with Crippen molar-refractivity contribution >= 4 is 45.1 Å². The number of thioether (sulfide) groups is 1. The van der Waals surface area contributed by atoms with Crippen molar-refractivity contribution in [2.45, 2.75) is 26.0 Å². The summed E-state index contributed by atoms with van der Waals surface area (Å²) in [7, 11) is 0. The molecule has 108 valence electrons. The first-order valence-corrected chi connectivity index (χ1v) is 8.92. The van der Waals surface area contributed by atoms with Crippen LogP contribution >= 0.6 is 23.1 Å². The van der Waals surface area contributed by atoms with Crippen molar-refractivity contribution in [3.05, 3.63) is 10.9 Å². The highest BCUT2D eigenvalue weighted by molar-refractivity contribution is 8.00. The molecule has 0 aliphatic carbocycles. The van der Waals surface area contributed by atoms with Gasteiger partial charge in [-0.25, -0.2) is 4.98 Å². The van der Waals surface area contributed by atoms with Gasteiger partial charge in [0.25, 0.3) is 0 Å². The van der Waals surface area contributed by atoms with Crippen molar-refractivity contribution in [2.75, 3.05) is 35.6 Å². The molecule has 1 fully saturated rings. The minimum Gasteiger partial charge on any atom is -0.354 e. The quantitative estimate of drug-likeness (QED) is 0.941. The molecule has 1 N–H and O–H groups in total. The Balaban J connectivity index is 2.06. The predicted octanol–water partition coefficient (Wildman–Crippen LogP) is 3.37. The number of nitrogens with zero attached hydrogens (tertiary/aromatic N) is 3. The van der Waals surface area contributed by atoms with Crippen LogP contribution in [0.25, 0.3) is 10.2 Å². The van der Waals surface area contributed by atoms with Crippen molar-refractivity contribution < 1.29 is 0 Å². The first-order valence-electron chi connectivity index (χ1n) is 7.06. The Kier molecular flexibility index (Phi) is 4.03. The van der Waals surface area contributed by atoms with E-state index in [0.717, 1.165) is 36.2 Å². The molecule has 3 rings (SSSR count). The second kappa shape index (κ2) is 5.77. The fourth-order valence-corrected chi connectivity index (χ4v) is 4.40.